The Labute approximate surface area is 158 Å². The van der Waals surface area contributed by atoms with E-state index in [1.165, 1.54) is 0 Å². The van der Waals surface area contributed by atoms with E-state index in [0.717, 1.165) is 17.2 Å². The first kappa shape index (κ1) is 19.7. The van der Waals surface area contributed by atoms with Crippen molar-refractivity contribution < 1.29 is 5.11 Å². The van der Waals surface area contributed by atoms with Gasteiger partial charge in [0.05, 0.1) is 18.3 Å². The van der Waals surface area contributed by atoms with E-state index in [1.807, 2.05) is 25.1 Å². The Morgan fingerprint density at radius 1 is 1.32 bits per heavy atom. The van der Waals surface area contributed by atoms with Gasteiger partial charge in [-0.3, -0.25) is 0 Å². The summed E-state index contributed by atoms with van der Waals surface area (Å²) in [4.78, 5) is 9.13. The van der Waals surface area contributed by atoms with E-state index in [-0.39, 0.29) is 0 Å². The van der Waals surface area contributed by atoms with Crippen LogP contribution in [0.25, 0.3) is 0 Å². The number of nitrogens with one attached hydrogen (secondary N) is 2. The van der Waals surface area contributed by atoms with Crippen LogP contribution in [0.15, 0.2) is 34.6 Å². The lowest BCUT2D eigenvalue weighted by Crippen LogP contribution is -2.39. The monoisotopic (exact) mass is 380 g/mol. The molecule has 5 nitrogen and oxygen atoms in total. The van der Waals surface area contributed by atoms with Gasteiger partial charge in [0.1, 0.15) is 5.01 Å². The van der Waals surface area contributed by atoms with Crippen LogP contribution in [-0.4, -0.2) is 29.1 Å². The van der Waals surface area contributed by atoms with Crippen LogP contribution in [0.2, 0.25) is 5.02 Å². The SMILES string of the molecule is CCNC(=NCc1nc(C(C)C)cs1)NCC(O)c1ccccc1Cl. The number of benzene rings is 1. The average molecular weight is 381 g/mol. The number of hydrogen-bond acceptors (Lipinski definition) is 4. The van der Waals surface area contributed by atoms with Gasteiger partial charge in [0.2, 0.25) is 0 Å². The summed E-state index contributed by atoms with van der Waals surface area (Å²) in [5.74, 6) is 1.07. The second-order valence-corrected chi connectivity index (χ2v) is 7.28. The summed E-state index contributed by atoms with van der Waals surface area (Å²) >= 11 is 7.74. The zero-order valence-electron chi connectivity index (χ0n) is 14.8. The second kappa shape index (κ2) is 9.75. The molecule has 0 bridgehead atoms. The van der Waals surface area contributed by atoms with Crippen molar-refractivity contribution in [3.8, 4) is 0 Å². The summed E-state index contributed by atoms with van der Waals surface area (Å²) in [6.45, 7) is 7.83. The second-order valence-electron chi connectivity index (χ2n) is 5.93. The molecular weight excluding hydrogens is 356 g/mol. The fraction of sp³-hybridized carbons (Fsp3) is 0.444. The number of aromatic nitrogens is 1. The minimum absolute atomic E-state index is 0.324. The predicted octanol–water partition coefficient (Wildman–Crippen LogP) is 3.71. The quantitative estimate of drug-likeness (QED) is 0.506. The summed E-state index contributed by atoms with van der Waals surface area (Å²) in [7, 11) is 0. The number of nitrogens with zero attached hydrogens (tertiary/aromatic N) is 2. The van der Waals surface area contributed by atoms with E-state index in [4.69, 9.17) is 11.6 Å². The highest BCUT2D eigenvalue weighted by Gasteiger charge is 2.12. The molecular formula is C18H25ClN4OS. The van der Waals surface area contributed by atoms with E-state index in [2.05, 4.69) is 39.8 Å². The lowest BCUT2D eigenvalue weighted by molar-refractivity contribution is 0.181. The van der Waals surface area contributed by atoms with E-state index in [0.29, 0.717) is 35.6 Å². The number of guanidine groups is 1. The largest absolute Gasteiger partial charge is 0.387 e. The number of aliphatic hydroxyl groups excluding tert-OH is 1. The molecule has 136 valence electrons. The number of rotatable bonds is 7. The van der Waals surface area contributed by atoms with Crippen LogP contribution >= 0.6 is 22.9 Å². The van der Waals surface area contributed by atoms with E-state index >= 15 is 0 Å². The highest BCUT2D eigenvalue weighted by atomic mass is 35.5. The molecule has 1 heterocycles. The number of thiazole rings is 1. The van der Waals surface area contributed by atoms with E-state index in [9.17, 15) is 5.11 Å². The third-order valence-electron chi connectivity index (χ3n) is 3.60. The van der Waals surface area contributed by atoms with Crippen molar-refractivity contribution in [2.45, 2.75) is 39.3 Å². The van der Waals surface area contributed by atoms with Crippen LogP contribution in [-0.2, 0) is 6.54 Å². The third kappa shape index (κ3) is 5.99. The molecule has 0 aliphatic heterocycles. The van der Waals surface area contributed by atoms with Gasteiger partial charge in [-0.25, -0.2) is 9.98 Å². The molecule has 0 radical (unpaired) electrons. The number of aliphatic hydroxyl groups is 1. The Morgan fingerprint density at radius 2 is 2.08 bits per heavy atom. The maximum absolute atomic E-state index is 10.3. The molecule has 25 heavy (non-hydrogen) atoms. The molecule has 0 amide bonds. The Hall–Kier alpha value is -1.63. The van der Waals surface area contributed by atoms with Crippen LogP contribution in [0.1, 0.15) is 49.1 Å². The predicted molar refractivity (Wildman–Crippen MR) is 105 cm³/mol. The lowest BCUT2D eigenvalue weighted by Gasteiger charge is -2.16. The van der Waals surface area contributed by atoms with Crippen LogP contribution < -0.4 is 10.6 Å². The summed E-state index contributed by atoms with van der Waals surface area (Å²) < 4.78 is 0. The molecule has 3 N–H and O–H groups in total. The van der Waals surface area contributed by atoms with Gasteiger partial charge in [0.25, 0.3) is 0 Å². The van der Waals surface area contributed by atoms with Gasteiger partial charge in [-0.2, -0.15) is 0 Å². The molecule has 0 aliphatic carbocycles. The molecule has 0 fully saturated rings. The summed E-state index contributed by atoms with van der Waals surface area (Å²) in [6.07, 6.45) is -0.704. The Kier molecular flexibility index (Phi) is 7.68. The van der Waals surface area contributed by atoms with Gasteiger partial charge in [0, 0.05) is 29.1 Å². The topological polar surface area (TPSA) is 69.5 Å². The molecule has 2 rings (SSSR count). The van der Waals surface area contributed by atoms with Crippen LogP contribution in [0.3, 0.4) is 0 Å². The maximum atomic E-state index is 10.3. The summed E-state index contributed by atoms with van der Waals surface area (Å²) in [6, 6.07) is 7.30. The van der Waals surface area contributed by atoms with Gasteiger partial charge in [-0.15, -0.1) is 11.3 Å². The first-order valence-electron chi connectivity index (χ1n) is 8.40. The van der Waals surface area contributed by atoms with Gasteiger partial charge < -0.3 is 15.7 Å². The fourth-order valence-electron chi connectivity index (χ4n) is 2.20. The number of hydrogen-bond donors (Lipinski definition) is 3. The van der Waals surface area contributed by atoms with Crippen LogP contribution in [0.4, 0.5) is 0 Å². The summed E-state index contributed by atoms with van der Waals surface area (Å²) in [5, 5.41) is 20.3. The molecule has 7 heteroatoms. The fourth-order valence-corrected chi connectivity index (χ4v) is 3.34. The minimum Gasteiger partial charge on any atom is -0.387 e. The van der Waals surface area contributed by atoms with Gasteiger partial charge in [-0.1, -0.05) is 43.6 Å². The summed E-state index contributed by atoms with van der Waals surface area (Å²) in [5.41, 5.74) is 1.80. The minimum atomic E-state index is -0.704. The van der Waals surface area contributed by atoms with Crippen LogP contribution in [0, 0.1) is 0 Å². The number of aliphatic imine (C=N–C) groups is 1. The smallest absolute Gasteiger partial charge is 0.191 e. The Morgan fingerprint density at radius 3 is 2.72 bits per heavy atom. The normalized spacial score (nSPS) is 13.1. The zero-order chi connectivity index (χ0) is 18.2. The lowest BCUT2D eigenvalue weighted by atomic mass is 10.1. The van der Waals surface area contributed by atoms with Crippen molar-refractivity contribution >= 4 is 28.9 Å². The van der Waals surface area contributed by atoms with Gasteiger partial charge in [0.15, 0.2) is 5.96 Å². The molecule has 1 unspecified atom stereocenters. The van der Waals surface area contributed by atoms with Crippen molar-refractivity contribution in [3.05, 3.63) is 50.9 Å². The molecule has 0 saturated carbocycles. The highest BCUT2D eigenvalue weighted by Crippen LogP contribution is 2.22. The molecule has 2 aromatic rings. The third-order valence-corrected chi connectivity index (χ3v) is 4.80. The maximum Gasteiger partial charge on any atom is 0.191 e. The van der Waals surface area contributed by atoms with Crippen molar-refractivity contribution in [2.75, 3.05) is 13.1 Å². The Balaban J connectivity index is 1.96. The van der Waals surface area contributed by atoms with Crippen molar-refractivity contribution in [3.63, 3.8) is 0 Å². The molecule has 0 aliphatic rings. The van der Waals surface area contributed by atoms with E-state index < -0.39 is 6.10 Å². The average Bonchev–Trinajstić information content (AvgIpc) is 3.07. The number of halogens is 1. The first-order valence-corrected chi connectivity index (χ1v) is 9.66. The molecule has 0 saturated heterocycles. The van der Waals surface area contributed by atoms with Crippen molar-refractivity contribution in [1.29, 1.82) is 0 Å². The van der Waals surface area contributed by atoms with E-state index in [1.54, 1.807) is 17.4 Å². The zero-order valence-corrected chi connectivity index (χ0v) is 16.4. The Bertz CT molecular complexity index is 702. The highest BCUT2D eigenvalue weighted by molar-refractivity contribution is 7.09. The molecule has 1 aromatic heterocycles. The first-order chi connectivity index (χ1) is 12.0. The molecule has 1 aromatic carbocycles. The standard InChI is InChI=1S/C18H25ClN4OS/c1-4-20-18(22-10-17-23-15(11-25-17)12(2)3)21-9-16(24)13-7-5-6-8-14(13)19/h5-8,11-12,16,24H,4,9-10H2,1-3H3,(H2,20,21,22). The molecule has 0 spiro atoms. The van der Waals surface area contributed by atoms with Gasteiger partial charge in [-0.05, 0) is 18.9 Å². The van der Waals surface area contributed by atoms with Crippen molar-refractivity contribution in [1.82, 2.24) is 15.6 Å². The van der Waals surface area contributed by atoms with Crippen LogP contribution in [0.5, 0.6) is 0 Å². The molecule has 1 atom stereocenters. The van der Waals surface area contributed by atoms with Crippen molar-refractivity contribution in [2.24, 2.45) is 4.99 Å². The van der Waals surface area contributed by atoms with Gasteiger partial charge >= 0.3 is 0 Å².